The van der Waals surface area contributed by atoms with Crippen molar-refractivity contribution in [2.75, 3.05) is 26.0 Å². The van der Waals surface area contributed by atoms with E-state index in [0.717, 1.165) is 12.2 Å². The summed E-state index contributed by atoms with van der Waals surface area (Å²) in [5.41, 5.74) is 1.50. The number of anilines is 1. The minimum atomic E-state index is -0.251. The molecule has 0 fully saturated rings. The third kappa shape index (κ3) is 5.02. The van der Waals surface area contributed by atoms with Crippen molar-refractivity contribution in [1.82, 2.24) is 25.0 Å². The summed E-state index contributed by atoms with van der Waals surface area (Å²) >= 11 is 1.17. The van der Waals surface area contributed by atoms with E-state index in [9.17, 15) is 9.59 Å². The number of carbonyl (C=O) groups excluding carboxylic acids is 2. The highest BCUT2D eigenvalue weighted by Crippen LogP contribution is 2.19. The minimum Gasteiger partial charge on any atom is -0.348 e. The molecule has 1 aromatic carbocycles. The summed E-state index contributed by atoms with van der Waals surface area (Å²) in [7, 11) is 3.91. The van der Waals surface area contributed by atoms with Gasteiger partial charge in [0.25, 0.3) is 11.8 Å². The van der Waals surface area contributed by atoms with Gasteiger partial charge in [0.15, 0.2) is 0 Å². The largest absolute Gasteiger partial charge is 0.348 e. The number of hydrogen-bond donors (Lipinski definition) is 2. The number of hydrogen-bond acceptors (Lipinski definition) is 6. The Morgan fingerprint density at radius 1 is 1.11 bits per heavy atom. The Balaban J connectivity index is 1.60. The molecule has 2 aromatic heterocycles. The molecule has 1 unspecified atom stereocenters. The van der Waals surface area contributed by atoms with Crippen LogP contribution < -0.4 is 10.6 Å². The van der Waals surface area contributed by atoms with E-state index in [2.05, 4.69) is 20.7 Å². The summed E-state index contributed by atoms with van der Waals surface area (Å²) in [5.74, 6) is -0.422. The second-order valence-corrected chi connectivity index (χ2v) is 7.73. The smallest absolute Gasteiger partial charge is 0.265 e. The van der Waals surface area contributed by atoms with Crippen LogP contribution in [-0.2, 0) is 0 Å². The summed E-state index contributed by atoms with van der Waals surface area (Å²) < 4.78 is 1.63. The fourth-order valence-electron chi connectivity index (χ4n) is 2.70. The molecule has 8 nitrogen and oxygen atoms in total. The Bertz CT molecular complexity index is 934. The molecule has 0 saturated heterocycles. The number of amides is 2. The van der Waals surface area contributed by atoms with Gasteiger partial charge >= 0.3 is 0 Å². The molecular weight excluding hydrogens is 376 g/mol. The second-order valence-electron chi connectivity index (χ2n) is 6.64. The average Bonchev–Trinajstić information content (AvgIpc) is 3.34. The lowest BCUT2D eigenvalue weighted by Crippen LogP contribution is -2.39. The molecule has 146 valence electrons. The molecule has 2 N–H and O–H groups in total. The summed E-state index contributed by atoms with van der Waals surface area (Å²) in [5, 5.41) is 9.83. The molecule has 2 heterocycles. The summed E-state index contributed by atoms with van der Waals surface area (Å²) in [6.45, 7) is 2.69. The van der Waals surface area contributed by atoms with E-state index in [1.54, 1.807) is 35.3 Å². The number of thiophene rings is 1. The SMILES string of the molecule is CC(CN(C)C)NC(=O)c1ccc(C(=O)Nc2ccc(-n3cncn3)cc2)s1. The van der Waals surface area contributed by atoms with Crippen LogP contribution >= 0.6 is 11.3 Å². The Hall–Kier alpha value is -3.04. The van der Waals surface area contributed by atoms with Gasteiger partial charge < -0.3 is 15.5 Å². The number of benzene rings is 1. The monoisotopic (exact) mass is 398 g/mol. The third-order valence-corrected chi connectivity index (χ3v) is 4.96. The highest BCUT2D eigenvalue weighted by Gasteiger charge is 2.16. The highest BCUT2D eigenvalue weighted by atomic mass is 32.1. The Kier molecular flexibility index (Phi) is 6.17. The molecule has 1 atom stereocenters. The van der Waals surface area contributed by atoms with E-state index < -0.39 is 0 Å². The van der Waals surface area contributed by atoms with Gasteiger partial charge in [-0.25, -0.2) is 9.67 Å². The first-order valence-corrected chi connectivity index (χ1v) is 9.56. The lowest BCUT2D eigenvalue weighted by Gasteiger charge is -2.17. The molecule has 0 bridgehead atoms. The van der Waals surface area contributed by atoms with E-state index in [1.807, 2.05) is 38.1 Å². The fourth-order valence-corrected chi connectivity index (χ4v) is 3.51. The first kappa shape index (κ1) is 19.7. The lowest BCUT2D eigenvalue weighted by molar-refractivity contribution is 0.0938. The normalized spacial score (nSPS) is 12.0. The van der Waals surface area contributed by atoms with Crippen molar-refractivity contribution < 1.29 is 9.59 Å². The van der Waals surface area contributed by atoms with Crippen molar-refractivity contribution >= 4 is 28.8 Å². The maximum Gasteiger partial charge on any atom is 0.265 e. The number of nitrogens with one attached hydrogen (secondary N) is 2. The minimum absolute atomic E-state index is 0.0189. The highest BCUT2D eigenvalue weighted by molar-refractivity contribution is 7.16. The predicted molar refractivity (Wildman–Crippen MR) is 109 cm³/mol. The third-order valence-electron chi connectivity index (χ3n) is 3.88. The molecule has 0 spiro atoms. The molecule has 3 rings (SSSR count). The van der Waals surface area contributed by atoms with Gasteiger partial charge in [-0.1, -0.05) is 0 Å². The molecule has 2 amide bonds. The zero-order valence-electron chi connectivity index (χ0n) is 15.9. The van der Waals surface area contributed by atoms with Gasteiger partial charge in [-0.15, -0.1) is 11.3 Å². The zero-order chi connectivity index (χ0) is 20.1. The molecule has 0 saturated carbocycles. The predicted octanol–water partition coefficient (Wildman–Crippen LogP) is 2.26. The number of carbonyl (C=O) groups is 2. The van der Waals surface area contributed by atoms with Crippen LogP contribution in [0.15, 0.2) is 49.1 Å². The molecule has 0 aliphatic carbocycles. The van der Waals surface area contributed by atoms with E-state index in [1.165, 1.54) is 17.7 Å². The molecule has 28 heavy (non-hydrogen) atoms. The van der Waals surface area contributed by atoms with Crippen LogP contribution in [0, 0.1) is 0 Å². The Morgan fingerprint density at radius 3 is 2.39 bits per heavy atom. The van der Waals surface area contributed by atoms with E-state index >= 15 is 0 Å². The zero-order valence-corrected chi connectivity index (χ0v) is 16.7. The van der Waals surface area contributed by atoms with Gasteiger partial charge in [0.1, 0.15) is 12.7 Å². The topological polar surface area (TPSA) is 92.2 Å². The molecule has 0 aliphatic rings. The van der Waals surface area contributed by atoms with Gasteiger partial charge in [0.05, 0.1) is 15.4 Å². The second kappa shape index (κ2) is 8.77. The molecular formula is C19H22N6O2S. The summed E-state index contributed by atoms with van der Waals surface area (Å²) in [6.07, 6.45) is 3.06. The summed E-state index contributed by atoms with van der Waals surface area (Å²) in [4.78, 5) is 31.7. The van der Waals surface area contributed by atoms with Crippen molar-refractivity contribution in [2.45, 2.75) is 13.0 Å². The molecule has 0 radical (unpaired) electrons. The van der Waals surface area contributed by atoms with Gasteiger partial charge in [-0.2, -0.15) is 5.10 Å². The Labute approximate surface area is 167 Å². The standard InChI is InChI=1S/C19H22N6O2S/c1-13(10-24(2)3)22-18(26)16-8-9-17(28-16)19(27)23-14-4-6-15(7-5-14)25-12-20-11-21-25/h4-9,11-13H,10H2,1-3H3,(H,22,26)(H,23,27). The van der Waals surface area contributed by atoms with Crippen molar-refractivity contribution in [2.24, 2.45) is 0 Å². The van der Waals surface area contributed by atoms with Crippen LogP contribution in [-0.4, -0.2) is 58.2 Å². The maximum absolute atomic E-state index is 12.5. The van der Waals surface area contributed by atoms with Crippen LogP contribution in [0.25, 0.3) is 5.69 Å². The van der Waals surface area contributed by atoms with Gasteiger partial charge in [-0.3, -0.25) is 9.59 Å². The van der Waals surface area contributed by atoms with Crippen LogP contribution in [0.2, 0.25) is 0 Å². The fraction of sp³-hybridized carbons (Fsp3) is 0.263. The summed E-state index contributed by atoms with van der Waals surface area (Å²) in [6, 6.07) is 10.6. The van der Waals surface area contributed by atoms with E-state index in [-0.39, 0.29) is 17.9 Å². The van der Waals surface area contributed by atoms with Gasteiger partial charge in [0, 0.05) is 18.3 Å². The first-order valence-electron chi connectivity index (χ1n) is 8.74. The van der Waals surface area contributed by atoms with Gasteiger partial charge in [0.2, 0.25) is 0 Å². The lowest BCUT2D eigenvalue weighted by atomic mass is 10.2. The van der Waals surface area contributed by atoms with Crippen molar-refractivity contribution in [3.05, 3.63) is 58.8 Å². The van der Waals surface area contributed by atoms with Crippen LogP contribution in [0.5, 0.6) is 0 Å². The molecule has 0 aliphatic heterocycles. The van der Waals surface area contributed by atoms with Crippen molar-refractivity contribution in [3.63, 3.8) is 0 Å². The molecule has 9 heteroatoms. The molecule has 3 aromatic rings. The average molecular weight is 398 g/mol. The van der Waals surface area contributed by atoms with Gasteiger partial charge in [-0.05, 0) is 57.4 Å². The van der Waals surface area contributed by atoms with E-state index in [4.69, 9.17) is 0 Å². The van der Waals surface area contributed by atoms with Crippen LogP contribution in [0.1, 0.15) is 26.3 Å². The Morgan fingerprint density at radius 2 is 1.79 bits per heavy atom. The number of aromatic nitrogens is 3. The van der Waals surface area contributed by atoms with Crippen molar-refractivity contribution in [1.29, 1.82) is 0 Å². The number of rotatable bonds is 7. The van der Waals surface area contributed by atoms with Crippen molar-refractivity contribution in [3.8, 4) is 5.69 Å². The van der Waals surface area contributed by atoms with E-state index in [0.29, 0.717) is 15.4 Å². The number of likely N-dealkylation sites (N-methyl/N-ethyl adjacent to an activating group) is 1. The van der Waals surface area contributed by atoms with Crippen LogP contribution in [0.3, 0.4) is 0 Å². The van der Waals surface area contributed by atoms with Crippen LogP contribution in [0.4, 0.5) is 5.69 Å². The first-order chi connectivity index (χ1) is 13.4. The number of nitrogens with zero attached hydrogens (tertiary/aromatic N) is 4. The maximum atomic E-state index is 12.5. The quantitative estimate of drug-likeness (QED) is 0.637.